The van der Waals surface area contributed by atoms with Gasteiger partial charge in [0.15, 0.2) is 0 Å². The fourth-order valence-electron chi connectivity index (χ4n) is 1.18. The van der Waals surface area contributed by atoms with E-state index in [0.29, 0.717) is 13.0 Å². The highest BCUT2D eigenvalue weighted by atomic mass is 16.6. The molecule has 1 rings (SSSR count). The zero-order valence-corrected chi connectivity index (χ0v) is 8.76. The average molecular weight is 209 g/mol. The topological polar surface area (TPSA) is 52.4 Å². The Balaban J connectivity index is 2.22. The minimum atomic E-state index is -0.317. The Morgan fingerprint density at radius 3 is 2.67 bits per heavy atom. The van der Waals surface area contributed by atoms with Crippen molar-refractivity contribution in [2.24, 2.45) is 0 Å². The Morgan fingerprint density at radius 2 is 2.07 bits per heavy atom. The molecule has 0 heterocycles. The molecule has 0 aliphatic heterocycles. The van der Waals surface area contributed by atoms with Crippen LogP contribution in [0.3, 0.4) is 0 Å². The summed E-state index contributed by atoms with van der Waals surface area (Å²) < 4.78 is 5.47. The monoisotopic (exact) mass is 209 g/mol. The number of nitro groups is 1. The van der Waals surface area contributed by atoms with Crippen LogP contribution in [-0.4, -0.2) is 17.6 Å². The number of hydrogen-bond acceptors (Lipinski definition) is 3. The van der Waals surface area contributed by atoms with Gasteiger partial charge in [0.1, 0.15) is 0 Å². The average Bonchev–Trinajstić information content (AvgIpc) is 2.25. The zero-order chi connectivity index (χ0) is 11.1. The van der Waals surface area contributed by atoms with Gasteiger partial charge in [-0.05, 0) is 12.5 Å². The first-order valence-corrected chi connectivity index (χ1v) is 4.96. The summed E-state index contributed by atoms with van der Waals surface area (Å²) in [6.07, 6.45) is 0.385. The summed E-state index contributed by atoms with van der Waals surface area (Å²) in [5, 5.41) is 10.1. The summed E-state index contributed by atoms with van der Waals surface area (Å²) in [5.41, 5.74) is 1.09. The molecule has 4 nitrogen and oxygen atoms in total. The maximum Gasteiger partial charge on any atom is 0.206 e. The molecule has 0 radical (unpaired) electrons. The standard InChI is InChI=1S/C11H15NO3/c1-10(7-8-12(13)14)15-9-11-5-3-2-4-6-11/h2-6,10H,7-9H2,1H3. The summed E-state index contributed by atoms with van der Waals surface area (Å²) in [7, 11) is 0. The quantitative estimate of drug-likeness (QED) is 0.533. The van der Waals surface area contributed by atoms with Crippen LogP contribution in [0.2, 0.25) is 0 Å². The molecule has 0 amide bonds. The van der Waals surface area contributed by atoms with Gasteiger partial charge in [0.2, 0.25) is 6.54 Å². The third kappa shape index (κ3) is 5.12. The van der Waals surface area contributed by atoms with Crippen molar-refractivity contribution < 1.29 is 9.66 Å². The summed E-state index contributed by atoms with van der Waals surface area (Å²) in [6, 6.07) is 9.78. The van der Waals surface area contributed by atoms with Crippen LogP contribution in [0.5, 0.6) is 0 Å². The summed E-state index contributed by atoms with van der Waals surface area (Å²) in [5.74, 6) is 0. The second kappa shape index (κ2) is 6.14. The molecule has 0 bridgehead atoms. The van der Waals surface area contributed by atoms with E-state index in [2.05, 4.69) is 0 Å². The first-order chi connectivity index (χ1) is 7.18. The number of nitrogens with zero attached hydrogens (tertiary/aromatic N) is 1. The van der Waals surface area contributed by atoms with Crippen molar-refractivity contribution in [2.45, 2.75) is 26.1 Å². The minimum Gasteiger partial charge on any atom is -0.374 e. The molecule has 1 unspecified atom stereocenters. The molecule has 0 fully saturated rings. The Labute approximate surface area is 89.0 Å². The number of rotatable bonds is 6. The number of ether oxygens (including phenoxy) is 1. The van der Waals surface area contributed by atoms with E-state index < -0.39 is 0 Å². The predicted molar refractivity (Wildman–Crippen MR) is 57.2 cm³/mol. The fraction of sp³-hybridized carbons (Fsp3) is 0.455. The molecule has 0 saturated heterocycles. The van der Waals surface area contributed by atoms with Crippen LogP contribution in [0.1, 0.15) is 18.9 Å². The van der Waals surface area contributed by atoms with Gasteiger partial charge in [-0.15, -0.1) is 0 Å². The molecule has 1 aromatic rings. The lowest BCUT2D eigenvalue weighted by atomic mass is 10.2. The third-order valence-electron chi connectivity index (χ3n) is 2.10. The van der Waals surface area contributed by atoms with Crippen molar-refractivity contribution >= 4 is 0 Å². The Morgan fingerprint density at radius 1 is 1.40 bits per heavy atom. The van der Waals surface area contributed by atoms with Crippen LogP contribution in [0.4, 0.5) is 0 Å². The first-order valence-electron chi connectivity index (χ1n) is 4.96. The second-order valence-electron chi connectivity index (χ2n) is 3.45. The van der Waals surface area contributed by atoms with E-state index in [9.17, 15) is 10.1 Å². The van der Waals surface area contributed by atoms with Gasteiger partial charge in [0, 0.05) is 11.3 Å². The van der Waals surface area contributed by atoms with Crippen LogP contribution in [0, 0.1) is 10.1 Å². The lowest BCUT2D eigenvalue weighted by Crippen LogP contribution is -2.13. The SMILES string of the molecule is CC(CC[N+](=O)[O-])OCc1ccccc1. The first kappa shape index (κ1) is 11.7. The molecular weight excluding hydrogens is 194 g/mol. The number of benzene rings is 1. The molecule has 1 aromatic carbocycles. The largest absolute Gasteiger partial charge is 0.374 e. The molecule has 4 heteroatoms. The van der Waals surface area contributed by atoms with E-state index in [0.717, 1.165) is 5.56 Å². The molecular formula is C11H15NO3. The molecule has 82 valence electrons. The van der Waals surface area contributed by atoms with E-state index in [4.69, 9.17) is 4.74 Å². The van der Waals surface area contributed by atoms with Gasteiger partial charge in [-0.2, -0.15) is 0 Å². The van der Waals surface area contributed by atoms with Gasteiger partial charge in [-0.25, -0.2) is 0 Å². The van der Waals surface area contributed by atoms with Gasteiger partial charge < -0.3 is 4.74 Å². The highest BCUT2D eigenvalue weighted by Crippen LogP contribution is 2.05. The highest BCUT2D eigenvalue weighted by molar-refractivity contribution is 5.13. The lowest BCUT2D eigenvalue weighted by Gasteiger charge is -2.10. The van der Waals surface area contributed by atoms with Gasteiger partial charge in [-0.1, -0.05) is 30.3 Å². The van der Waals surface area contributed by atoms with Gasteiger partial charge in [0.25, 0.3) is 0 Å². The highest BCUT2D eigenvalue weighted by Gasteiger charge is 2.06. The molecule has 0 saturated carbocycles. The minimum absolute atomic E-state index is 0.0318. The third-order valence-corrected chi connectivity index (χ3v) is 2.10. The predicted octanol–water partition coefficient (Wildman–Crippen LogP) is 2.26. The molecule has 0 aliphatic rings. The van der Waals surface area contributed by atoms with Crippen molar-refractivity contribution in [1.82, 2.24) is 0 Å². The lowest BCUT2D eigenvalue weighted by molar-refractivity contribution is -0.482. The summed E-state index contributed by atoms with van der Waals surface area (Å²) in [4.78, 5) is 9.81. The van der Waals surface area contributed by atoms with E-state index in [1.807, 2.05) is 37.3 Å². The van der Waals surface area contributed by atoms with Crippen LogP contribution in [0.25, 0.3) is 0 Å². The van der Waals surface area contributed by atoms with E-state index >= 15 is 0 Å². The maximum atomic E-state index is 10.1. The molecule has 0 aromatic heterocycles. The molecule has 0 N–H and O–H groups in total. The van der Waals surface area contributed by atoms with E-state index in [-0.39, 0.29) is 17.6 Å². The molecule has 0 aliphatic carbocycles. The molecule has 15 heavy (non-hydrogen) atoms. The Bertz CT molecular complexity index is 300. The summed E-state index contributed by atoms with van der Waals surface area (Å²) in [6.45, 7) is 2.34. The molecule has 1 atom stereocenters. The van der Waals surface area contributed by atoms with Crippen molar-refractivity contribution in [3.63, 3.8) is 0 Å². The van der Waals surface area contributed by atoms with E-state index in [1.54, 1.807) is 0 Å². The van der Waals surface area contributed by atoms with Crippen molar-refractivity contribution in [1.29, 1.82) is 0 Å². The van der Waals surface area contributed by atoms with Crippen LogP contribution in [0.15, 0.2) is 30.3 Å². The molecule has 0 spiro atoms. The zero-order valence-electron chi connectivity index (χ0n) is 8.76. The van der Waals surface area contributed by atoms with Crippen LogP contribution < -0.4 is 0 Å². The van der Waals surface area contributed by atoms with Gasteiger partial charge >= 0.3 is 0 Å². The fourth-order valence-corrected chi connectivity index (χ4v) is 1.18. The summed E-state index contributed by atoms with van der Waals surface area (Å²) >= 11 is 0. The normalized spacial score (nSPS) is 12.3. The van der Waals surface area contributed by atoms with Crippen molar-refractivity contribution in [3.05, 3.63) is 46.0 Å². The van der Waals surface area contributed by atoms with E-state index in [1.165, 1.54) is 0 Å². The maximum absolute atomic E-state index is 10.1. The Kier molecular flexibility index (Phi) is 4.77. The van der Waals surface area contributed by atoms with Gasteiger partial charge in [-0.3, -0.25) is 10.1 Å². The van der Waals surface area contributed by atoms with Crippen molar-refractivity contribution in [3.8, 4) is 0 Å². The smallest absolute Gasteiger partial charge is 0.206 e. The second-order valence-corrected chi connectivity index (χ2v) is 3.45. The Hall–Kier alpha value is -1.42. The van der Waals surface area contributed by atoms with Crippen LogP contribution >= 0.6 is 0 Å². The van der Waals surface area contributed by atoms with Crippen molar-refractivity contribution in [2.75, 3.05) is 6.54 Å². The number of hydrogen-bond donors (Lipinski definition) is 0. The van der Waals surface area contributed by atoms with Gasteiger partial charge in [0.05, 0.1) is 12.7 Å². The van der Waals surface area contributed by atoms with Crippen LogP contribution in [-0.2, 0) is 11.3 Å².